The maximum absolute atomic E-state index is 11.5. The van der Waals surface area contributed by atoms with Crippen LogP contribution in [0, 0.1) is 0 Å². The van der Waals surface area contributed by atoms with Gasteiger partial charge in [0.15, 0.2) is 7.83 Å². The van der Waals surface area contributed by atoms with E-state index in [0.717, 1.165) is 44.9 Å². The smallest absolute Gasteiger partial charge is 0.333 e. The zero-order valence-electron chi connectivity index (χ0n) is 20.0. The third-order valence-corrected chi connectivity index (χ3v) is 23.1. The first-order valence-corrected chi connectivity index (χ1v) is 18.3. The molecule has 0 bridgehead atoms. The summed E-state index contributed by atoms with van der Waals surface area (Å²) in [5.74, 6) is -0.631. The topological polar surface area (TPSA) is 61.8 Å². The van der Waals surface area contributed by atoms with Gasteiger partial charge in [0.2, 0.25) is 0 Å². The first kappa shape index (κ1) is 26.8. The highest BCUT2D eigenvalue weighted by molar-refractivity contribution is 7.38. The average Bonchev–Trinajstić information content (AvgIpc) is 2.64. The lowest BCUT2D eigenvalue weighted by Gasteiger charge is -2.52. The Morgan fingerprint density at radius 1 is 0.867 bits per heavy atom. The lowest BCUT2D eigenvalue weighted by atomic mass is 9.88. The minimum absolute atomic E-state index is 0.0883. The van der Waals surface area contributed by atoms with Gasteiger partial charge in [0.05, 0.1) is 26.4 Å². The van der Waals surface area contributed by atoms with E-state index in [-0.39, 0.29) is 17.5 Å². The first-order valence-electron chi connectivity index (χ1n) is 11.2. The van der Waals surface area contributed by atoms with E-state index in [4.69, 9.17) is 13.9 Å². The Morgan fingerprint density at radius 2 is 1.30 bits per heavy atom. The largest absolute Gasteiger partial charge is 0.462 e. The van der Waals surface area contributed by atoms with Crippen molar-refractivity contribution in [1.82, 2.24) is 0 Å². The predicted octanol–water partition coefficient (Wildman–Crippen LogP) is 5.72. The molecule has 1 rings (SSSR count). The van der Waals surface area contributed by atoms with E-state index in [0.29, 0.717) is 24.4 Å². The summed E-state index contributed by atoms with van der Waals surface area (Å²) in [4.78, 5) is 23.1. The number of ether oxygens (including phenoxy) is 2. The van der Waals surface area contributed by atoms with E-state index in [1.165, 1.54) is 6.04 Å². The third-order valence-electron chi connectivity index (χ3n) is 6.52. The quantitative estimate of drug-likeness (QED) is 0.163. The van der Waals surface area contributed by atoms with Crippen molar-refractivity contribution in [3.8, 4) is 0 Å². The van der Waals surface area contributed by atoms with E-state index >= 15 is 0 Å². The summed E-state index contributed by atoms with van der Waals surface area (Å²) in [6.45, 7) is 21.1. The fraction of sp³-hybridized carbons (Fsp3) is 0.739. The number of esters is 2. The second-order valence-corrected chi connectivity index (χ2v) is 25.1. The van der Waals surface area contributed by atoms with Gasteiger partial charge in [-0.1, -0.05) is 32.3 Å². The number of rotatable bonds is 12. The minimum atomic E-state index is -1.71. The molecule has 7 heteroatoms. The highest BCUT2D eigenvalue weighted by Crippen LogP contribution is 2.44. The van der Waals surface area contributed by atoms with Crippen molar-refractivity contribution in [2.75, 3.05) is 13.2 Å². The molecule has 0 unspecified atom stereocenters. The number of hydrogen-bond donors (Lipinski definition) is 0. The van der Waals surface area contributed by atoms with Gasteiger partial charge in [-0.2, -0.15) is 0 Å². The Bertz CT molecular complexity index is 604. The highest BCUT2D eigenvalue weighted by atomic mass is 29.3. The third kappa shape index (κ3) is 8.15. The van der Waals surface area contributed by atoms with Gasteiger partial charge in [-0.25, -0.2) is 9.59 Å². The van der Waals surface area contributed by atoms with Crippen molar-refractivity contribution in [1.29, 1.82) is 0 Å². The fourth-order valence-electron chi connectivity index (χ4n) is 3.72. The standard InChI is InChI=1S/C23H42O5Si2/c1-19(2)21(24)26-16-11-9-13-23(14-10-12-17-27-22(25)20(3)4)15-18-29(5,6)30(7,8)28-23/h1,3,9-18H2,2,4-8H3. The van der Waals surface area contributed by atoms with Crippen LogP contribution in [0.2, 0.25) is 32.2 Å². The van der Waals surface area contributed by atoms with Crippen molar-refractivity contribution >= 4 is 27.4 Å². The van der Waals surface area contributed by atoms with Crippen molar-refractivity contribution in [3.05, 3.63) is 24.3 Å². The molecule has 1 heterocycles. The molecule has 0 amide bonds. The van der Waals surface area contributed by atoms with Crippen molar-refractivity contribution < 1.29 is 23.5 Å². The summed E-state index contributed by atoms with van der Waals surface area (Å²) in [6.07, 6.45) is 6.71. The number of carbonyl (C=O) groups is 2. The molecule has 1 aliphatic rings. The van der Waals surface area contributed by atoms with Gasteiger partial charge < -0.3 is 13.9 Å². The van der Waals surface area contributed by atoms with Gasteiger partial charge in [0, 0.05) is 11.1 Å². The normalized spacial score (nSPS) is 19.0. The van der Waals surface area contributed by atoms with Gasteiger partial charge in [0.25, 0.3) is 0 Å². The van der Waals surface area contributed by atoms with Crippen LogP contribution in [-0.4, -0.2) is 46.2 Å². The van der Waals surface area contributed by atoms with Gasteiger partial charge in [-0.05, 0) is 71.9 Å². The molecule has 0 aromatic heterocycles. The summed E-state index contributed by atoms with van der Waals surface area (Å²) in [6, 6.07) is 1.31. The fourth-order valence-corrected chi connectivity index (χ4v) is 10.7. The molecule has 1 aliphatic heterocycles. The molecule has 0 aliphatic carbocycles. The molecule has 5 nitrogen and oxygen atoms in total. The van der Waals surface area contributed by atoms with Crippen LogP contribution in [-0.2, 0) is 23.5 Å². The maximum Gasteiger partial charge on any atom is 0.333 e. The lowest BCUT2D eigenvalue weighted by molar-refractivity contribution is -0.139. The Balaban J connectivity index is 2.60. The molecule has 172 valence electrons. The summed E-state index contributed by atoms with van der Waals surface area (Å²) in [7, 11) is -3.02. The zero-order chi connectivity index (χ0) is 23.0. The van der Waals surface area contributed by atoms with Crippen molar-refractivity contribution in [2.24, 2.45) is 0 Å². The van der Waals surface area contributed by atoms with Crippen LogP contribution in [0.1, 0.15) is 58.8 Å². The van der Waals surface area contributed by atoms with Crippen LogP contribution in [0.15, 0.2) is 24.3 Å². The second-order valence-electron chi connectivity index (χ2n) is 9.93. The molecule has 30 heavy (non-hydrogen) atoms. The number of hydrogen-bond acceptors (Lipinski definition) is 5. The SMILES string of the molecule is C=C(C)C(=O)OCCCCC1(CCCCOC(=O)C(=C)C)CC[Si](C)(C)[Si](C)(C)O1. The molecule has 1 saturated heterocycles. The van der Waals surface area contributed by atoms with Crippen LogP contribution < -0.4 is 0 Å². The Labute approximate surface area is 185 Å². The molecule has 0 saturated carbocycles. The summed E-state index contributed by atoms with van der Waals surface area (Å²) in [5, 5.41) is 0. The molecule has 0 N–H and O–H groups in total. The first-order chi connectivity index (χ1) is 13.8. The Morgan fingerprint density at radius 3 is 1.67 bits per heavy atom. The van der Waals surface area contributed by atoms with Crippen LogP contribution in [0.3, 0.4) is 0 Å². The molecular formula is C23H42O5Si2. The van der Waals surface area contributed by atoms with Crippen LogP contribution in [0.5, 0.6) is 0 Å². The Hall–Kier alpha value is -1.19. The van der Waals surface area contributed by atoms with Gasteiger partial charge in [-0.3, -0.25) is 0 Å². The van der Waals surface area contributed by atoms with Crippen LogP contribution >= 0.6 is 0 Å². The van der Waals surface area contributed by atoms with E-state index in [1.807, 2.05) is 0 Å². The lowest BCUT2D eigenvalue weighted by Crippen LogP contribution is -2.65. The predicted molar refractivity (Wildman–Crippen MR) is 127 cm³/mol. The summed E-state index contributed by atoms with van der Waals surface area (Å²) >= 11 is 0. The second kappa shape index (κ2) is 11.4. The van der Waals surface area contributed by atoms with Crippen molar-refractivity contribution in [2.45, 2.75) is 96.6 Å². The molecule has 0 spiro atoms. The van der Waals surface area contributed by atoms with E-state index in [9.17, 15) is 9.59 Å². The maximum atomic E-state index is 11.5. The van der Waals surface area contributed by atoms with Gasteiger partial charge in [0.1, 0.15) is 0 Å². The highest BCUT2D eigenvalue weighted by Gasteiger charge is 2.52. The van der Waals surface area contributed by atoms with E-state index in [1.54, 1.807) is 13.8 Å². The molecular weight excluding hydrogens is 412 g/mol. The number of carbonyl (C=O) groups excluding carboxylic acids is 2. The minimum Gasteiger partial charge on any atom is -0.462 e. The van der Waals surface area contributed by atoms with Gasteiger partial charge >= 0.3 is 11.9 Å². The average molecular weight is 455 g/mol. The van der Waals surface area contributed by atoms with Gasteiger partial charge in [-0.15, -0.1) is 0 Å². The van der Waals surface area contributed by atoms with E-state index in [2.05, 4.69) is 39.3 Å². The molecule has 0 radical (unpaired) electrons. The van der Waals surface area contributed by atoms with Crippen LogP contribution in [0.4, 0.5) is 0 Å². The number of unbranched alkanes of at least 4 members (excludes halogenated alkanes) is 2. The molecule has 1 fully saturated rings. The molecule has 0 atom stereocenters. The Kier molecular flexibility index (Phi) is 10.2. The summed E-state index contributed by atoms with van der Waals surface area (Å²) < 4.78 is 17.4. The van der Waals surface area contributed by atoms with E-state index < -0.39 is 15.4 Å². The van der Waals surface area contributed by atoms with Crippen molar-refractivity contribution in [3.63, 3.8) is 0 Å². The molecule has 0 aromatic rings. The molecule has 0 aromatic carbocycles. The van der Waals surface area contributed by atoms with Crippen LogP contribution in [0.25, 0.3) is 0 Å². The summed E-state index contributed by atoms with van der Waals surface area (Å²) in [5.41, 5.74) is 0.790. The zero-order valence-corrected chi connectivity index (χ0v) is 22.0. The monoisotopic (exact) mass is 454 g/mol.